The molecule has 6 heterocycles. The number of fused-ring (bicyclic) bond motifs is 5. The summed E-state index contributed by atoms with van der Waals surface area (Å²) in [6.45, 7) is 8.15. The predicted octanol–water partition coefficient (Wildman–Crippen LogP) is 4.60. The second-order valence-corrected chi connectivity index (χ2v) is 12.1. The summed E-state index contributed by atoms with van der Waals surface area (Å²) < 4.78 is 42.5. The highest BCUT2D eigenvalue weighted by Gasteiger charge is 2.40. The van der Waals surface area contributed by atoms with Crippen LogP contribution in [0.1, 0.15) is 32.4 Å². The lowest BCUT2D eigenvalue weighted by atomic mass is 9.95. The van der Waals surface area contributed by atoms with Crippen molar-refractivity contribution >= 4 is 28.4 Å². The lowest BCUT2D eigenvalue weighted by Gasteiger charge is -2.36. The van der Waals surface area contributed by atoms with E-state index in [2.05, 4.69) is 31.7 Å². The number of aliphatic hydroxyl groups is 1. The smallest absolute Gasteiger partial charge is 0.384 e. The third kappa shape index (κ3) is 6.06. The van der Waals surface area contributed by atoms with E-state index in [1.54, 1.807) is 47.7 Å². The first-order valence-electron chi connectivity index (χ1n) is 14.6. The number of allylic oxidation sites excluding steroid dienone is 1. The van der Waals surface area contributed by atoms with Crippen molar-refractivity contribution in [1.29, 1.82) is 0 Å². The van der Waals surface area contributed by atoms with Gasteiger partial charge in [-0.3, -0.25) is 9.69 Å². The van der Waals surface area contributed by atoms with Crippen LogP contribution in [0.4, 0.5) is 30.5 Å². The molecule has 1 aromatic carbocycles. The maximum atomic E-state index is 13.3. The highest BCUT2D eigenvalue weighted by Crippen LogP contribution is 2.33. The standard InChI is InChI=1S/C31H35F3N8O2/c1-4-14-41-28(43)24-15-35-29(38-27(24)42(41)26-7-5-6-25(37-26)30(2,3)44)36-21-9-12-22(13-10-21)39-16-20-8-11-23(18-39)40(17-20)19-31(32,33)34/h4-7,9-10,12-13,15,20,23,44H,1,8,11,14,16-19H2,2-3H3,(H,35,36,38). The van der Waals surface area contributed by atoms with Crippen LogP contribution in [0.25, 0.3) is 16.9 Å². The number of alkyl halides is 3. The Hall–Kier alpha value is -4.23. The summed E-state index contributed by atoms with van der Waals surface area (Å²) in [5.74, 6) is 0.871. The number of nitrogens with zero attached hydrogens (tertiary/aromatic N) is 7. The molecule has 2 bridgehead atoms. The van der Waals surface area contributed by atoms with Gasteiger partial charge in [0.15, 0.2) is 11.5 Å². The first-order valence-corrected chi connectivity index (χ1v) is 14.6. The first-order chi connectivity index (χ1) is 20.9. The Balaban J connectivity index is 1.26. The van der Waals surface area contributed by atoms with Crippen LogP contribution in [0.3, 0.4) is 0 Å². The van der Waals surface area contributed by atoms with E-state index in [-0.39, 0.29) is 30.0 Å². The summed E-state index contributed by atoms with van der Waals surface area (Å²) in [5, 5.41) is 14.0. The Morgan fingerprint density at radius 3 is 2.55 bits per heavy atom. The van der Waals surface area contributed by atoms with Crippen molar-refractivity contribution in [3.63, 3.8) is 0 Å². The zero-order valence-corrected chi connectivity index (χ0v) is 24.6. The van der Waals surface area contributed by atoms with Gasteiger partial charge in [-0.1, -0.05) is 12.1 Å². The number of anilines is 3. The molecular formula is C31H35F3N8O2. The van der Waals surface area contributed by atoms with Crippen molar-refractivity contribution in [2.75, 3.05) is 36.4 Å². The molecule has 0 spiro atoms. The summed E-state index contributed by atoms with van der Waals surface area (Å²) in [4.78, 5) is 30.7. The number of rotatable bonds is 8. The Labute approximate surface area is 252 Å². The van der Waals surface area contributed by atoms with Crippen molar-refractivity contribution in [2.24, 2.45) is 5.92 Å². The molecule has 4 aromatic rings. The fourth-order valence-corrected chi connectivity index (χ4v) is 6.19. The summed E-state index contributed by atoms with van der Waals surface area (Å²) in [6, 6.07) is 12.7. The van der Waals surface area contributed by atoms with E-state index in [1.165, 1.54) is 10.9 Å². The van der Waals surface area contributed by atoms with Gasteiger partial charge in [0.25, 0.3) is 5.56 Å². The van der Waals surface area contributed by atoms with Gasteiger partial charge in [-0.25, -0.2) is 19.3 Å². The summed E-state index contributed by atoms with van der Waals surface area (Å²) >= 11 is 0. The lowest BCUT2D eigenvalue weighted by molar-refractivity contribution is -0.154. The van der Waals surface area contributed by atoms with Gasteiger partial charge in [0.1, 0.15) is 11.0 Å². The molecule has 0 radical (unpaired) electrons. The van der Waals surface area contributed by atoms with E-state index in [9.17, 15) is 23.1 Å². The molecule has 7 rings (SSSR count). The van der Waals surface area contributed by atoms with Gasteiger partial charge >= 0.3 is 6.18 Å². The second kappa shape index (κ2) is 11.4. The van der Waals surface area contributed by atoms with Crippen molar-refractivity contribution in [1.82, 2.24) is 29.2 Å². The number of hydrogen-bond donors (Lipinski definition) is 2. The maximum absolute atomic E-state index is 13.3. The minimum atomic E-state index is -4.20. The third-order valence-electron chi connectivity index (χ3n) is 8.25. The average molecular weight is 609 g/mol. The van der Waals surface area contributed by atoms with Gasteiger partial charge in [0.2, 0.25) is 5.95 Å². The van der Waals surface area contributed by atoms with E-state index in [1.807, 2.05) is 24.3 Å². The van der Waals surface area contributed by atoms with Crippen LogP contribution in [0.2, 0.25) is 0 Å². The van der Waals surface area contributed by atoms with Crippen molar-refractivity contribution in [2.45, 2.75) is 51.1 Å². The molecule has 3 aliphatic heterocycles. The van der Waals surface area contributed by atoms with Gasteiger partial charge in [0, 0.05) is 43.2 Å². The number of halogens is 3. The molecular weight excluding hydrogens is 573 g/mol. The Bertz CT molecular complexity index is 1730. The topological polar surface area (TPSA) is 104 Å². The van der Waals surface area contributed by atoms with E-state index in [0.717, 1.165) is 25.1 Å². The van der Waals surface area contributed by atoms with Crippen LogP contribution in [-0.4, -0.2) is 72.7 Å². The molecule has 3 fully saturated rings. The fraction of sp³-hybridized carbons (Fsp3) is 0.419. The molecule has 0 amide bonds. The number of piperidine rings is 1. The molecule has 10 nitrogen and oxygen atoms in total. The highest BCUT2D eigenvalue weighted by molar-refractivity contribution is 5.77. The minimum absolute atomic E-state index is 0.127. The molecule has 3 aromatic heterocycles. The molecule has 2 unspecified atom stereocenters. The molecule has 44 heavy (non-hydrogen) atoms. The molecule has 0 saturated carbocycles. The van der Waals surface area contributed by atoms with Gasteiger partial charge < -0.3 is 15.3 Å². The third-order valence-corrected chi connectivity index (χ3v) is 8.25. The van der Waals surface area contributed by atoms with E-state index >= 15 is 0 Å². The maximum Gasteiger partial charge on any atom is 0.401 e. The normalized spacial score (nSPS) is 19.4. The van der Waals surface area contributed by atoms with Crippen LogP contribution in [0.5, 0.6) is 0 Å². The molecule has 232 valence electrons. The van der Waals surface area contributed by atoms with Gasteiger partial charge in [0.05, 0.1) is 18.8 Å². The van der Waals surface area contributed by atoms with Crippen LogP contribution in [0.15, 0.2) is 66.1 Å². The lowest BCUT2D eigenvalue weighted by Crippen LogP contribution is -2.48. The molecule has 2 N–H and O–H groups in total. The zero-order chi connectivity index (χ0) is 31.2. The van der Waals surface area contributed by atoms with Gasteiger partial charge in [-0.2, -0.15) is 18.2 Å². The van der Waals surface area contributed by atoms with Crippen LogP contribution >= 0.6 is 0 Å². The molecule has 13 heteroatoms. The quantitative estimate of drug-likeness (QED) is 0.280. The largest absolute Gasteiger partial charge is 0.401 e. The van der Waals surface area contributed by atoms with Gasteiger partial charge in [-0.15, -0.1) is 6.58 Å². The average Bonchev–Trinajstić information content (AvgIpc) is 3.10. The first kappa shape index (κ1) is 29.8. The molecule has 3 aliphatic rings. The van der Waals surface area contributed by atoms with E-state index < -0.39 is 18.3 Å². The SMILES string of the molecule is C=CCn1c(=O)c2cnc(Nc3ccc(N4CC5CCC(C4)N(CC(F)(F)F)C5)cc3)nc2n1-c1cccc(C(C)(C)O)n1. The van der Waals surface area contributed by atoms with E-state index in [4.69, 9.17) is 0 Å². The van der Waals surface area contributed by atoms with Crippen LogP contribution in [0, 0.1) is 5.92 Å². The van der Waals surface area contributed by atoms with Crippen molar-refractivity contribution in [3.05, 3.63) is 77.4 Å². The monoisotopic (exact) mass is 608 g/mol. The van der Waals surface area contributed by atoms with E-state index in [0.29, 0.717) is 41.3 Å². The molecule has 3 saturated heterocycles. The fourth-order valence-electron chi connectivity index (χ4n) is 6.19. The zero-order valence-electron chi connectivity index (χ0n) is 24.6. The number of hydrogen-bond acceptors (Lipinski definition) is 8. The highest BCUT2D eigenvalue weighted by atomic mass is 19.4. The predicted molar refractivity (Wildman–Crippen MR) is 162 cm³/mol. The Kier molecular flexibility index (Phi) is 7.70. The number of nitrogens with one attached hydrogen (secondary N) is 1. The van der Waals surface area contributed by atoms with Gasteiger partial charge in [-0.05, 0) is 69.0 Å². The number of aromatic nitrogens is 5. The second-order valence-electron chi connectivity index (χ2n) is 12.1. The Morgan fingerprint density at radius 2 is 1.84 bits per heavy atom. The van der Waals surface area contributed by atoms with Crippen LogP contribution in [-0.2, 0) is 12.1 Å². The number of pyridine rings is 1. The minimum Gasteiger partial charge on any atom is -0.384 e. The summed E-state index contributed by atoms with van der Waals surface area (Å²) in [6.07, 6.45) is 0.582. The number of benzene rings is 1. The van der Waals surface area contributed by atoms with Crippen molar-refractivity contribution < 1.29 is 18.3 Å². The molecule has 0 aliphatic carbocycles. The summed E-state index contributed by atoms with van der Waals surface area (Å²) in [7, 11) is 0. The van der Waals surface area contributed by atoms with Crippen molar-refractivity contribution in [3.8, 4) is 5.82 Å². The summed E-state index contributed by atoms with van der Waals surface area (Å²) in [5.41, 5.74) is 0.955. The molecule has 2 atom stereocenters. The Morgan fingerprint density at radius 1 is 1.07 bits per heavy atom. The van der Waals surface area contributed by atoms with Crippen LogP contribution < -0.4 is 15.8 Å².